The highest BCUT2D eigenvalue weighted by Crippen LogP contribution is 2.26. The van der Waals surface area contributed by atoms with Crippen molar-refractivity contribution in [2.24, 2.45) is 0 Å². The maximum Gasteiger partial charge on any atom is 0.149 e. The van der Waals surface area contributed by atoms with Crippen LogP contribution < -0.4 is 10.2 Å². The molecule has 0 radical (unpaired) electrons. The van der Waals surface area contributed by atoms with Crippen LogP contribution in [0.3, 0.4) is 0 Å². The lowest BCUT2D eigenvalue weighted by Crippen LogP contribution is -2.19. The number of anilines is 1. The summed E-state index contributed by atoms with van der Waals surface area (Å²) in [6.07, 6.45) is 0. The van der Waals surface area contributed by atoms with Gasteiger partial charge in [-0.2, -0.15) is 0 Å². The Morgan fingerprint density at radius 3 is 2.45 bits per heavy atom. The van der Waals surface area contributed by atoms with E-state index in [-0.39, 0.29) is 5.69 Å². The first-order chi connectivity index (χ1) is 9.52. The van der Waals surface area contributed by atoms with Gasteiger partial charge in [0.1, 0.15) is 17.3 Å². The molecule has 108 valence electrons. The Bertz CT molecular complexity index is 575. The van der Waals surface area contributed by atoms with Crippen molar-refractivity contribution in [2.45, 2.75) is 20.0 Å². The van der Waals surface area contributed by atoms with Crippen LogP contribution in [0.5, 0.6) is 0 Å². The van der Waals surface area contributed by atoms with Crippen LogP contribution in [0.15, 0.2) is 17.6 Å². The van der Waals surface area contributed by atoms with Crippen molar-refractivity contribution in [3.63, 3.8) is 0 Å². The molecule has 0 fully saturated rings. The van der Waals surface area contributed by atoms with Crippen molar-refractivity contribution < 1.29 is 8.78 Å². The Labute approximate surface area is 121 Å². The van der Waals surface area contributed by atoms with E-state index >= 15 is 0 Å². The Morgan fingerprint density at radius 1 is 1.30 bits per heavy atom. The number of aryl methyl sites for hydroxylation is 1. The first-order valence-corrected chi connectivity index (χ1v) is 7.13. The monoisotopic (exact) mass is 297 g/mol. The number of nitrogens with one attached hydrogen (secondary N) is 1. The van der Waals surface area contributed by atoms with Crippen LogP contribution in [0, 0.1) is 18.6 Å². The van der Waals surface area contributed by atoms with Gasteiger partial charge in [0.25, 0.3) is 0 Å². The fourth-order valence-electron chi connectivity index (χ4n) is 2.06. The molecule has 0 spiro atoms. The lowest BCUT2D eigenvalue weighted by molar-refractivity contribution is 0.571. The fourth-order valence-corrected chi connectivity index (χ4v) is 2.89. The van der Waals surface area contributed by atoms with Crippen LogP contribution in [0.25, 0.3) is 0 Å². The third-order valence-electron chi connectivity index (χ3n) is 3.06. The number of halogens is 2. The van der Waals surface area contributed by atoms with Crippen molar-refractivity contribution in [3.8, 4) is 0 Å². The van der Waals surface area contributed by atoms with Gasteiger partial charge in [-0.25, -0.2) is 13.8 Å². The van der Waals surface area contributed by atoms with Crippen molar-refractivity contribution in [1.29, 1.82) is 0 Å². The third-order valence-corrected chi connectivity index (χ3v) is 3.98. The molecule has 2 rings (SSSR count). The zero-order chi connectivity index (χ0) is 14.7. The number of thiazole rings is 1. The highest BCUT2D eigenvalue weighted by Gasteiger charge is 2.16. The minimum Gasteiger partial charge on any atom is -0.365 e. The molecule has 3 nitrogen and oxygen atoms in total. The Balaban J connectivity index is 2.25. The molecule has 6 heteroatoms. The molecule has 0 unspecified atom stereocenters. The predicted octanol–water partition coefficient (Wildman–Crippen LogP) is 3.09. The number of nitrogens with zero attached hydrogens (tertiary/aromatic N) is 2. The van der Waals surface area contributed by atoms with Gasteiger partial charge in [0, 0.05) is 18.5 Å². The van der Waals surface area contributed by atoms with Gasteiger partial charge < -0.3 is 10.2 Å². The summed E-state index contributed by atoms with van der Waals surface area (Å²) in [5.74, 6) is -1.08. The van der Waals surface area contributed by atoms with Crippen molar-refractivity contribution in [1.82, 2.24) is 10.3 Å². The summed E-state index contributed by atoms with van der Waals surface area (Å²) in [6, 6.07) is 2.73. The fraction of sp³-hybridized carbons (Fsp3) is 0.357. The average Bonchev–Trinajstić information content (AvgIpc) is 2.74. The highest BCUT2D eigenvalue weighted by atomic mass is 32.1. The summed E-state index contributed by atoms with van der Waals surface area (Å²) in [4.78, 5) is 6.73. The minimum absolute atomic E-state index is 0.00217. The van der Waals surface area contributed by atoms with E-state index in [2.05, 4.69) is 10.3 Å². The molecule has 1 N–H and O–H groups in total. The minimum atomic E-state index is -0.542. The van der Waals surface area contributed by atoms with Gasteiger partial charge in [-0.3, -0.25) is 0 Å². The molecule has 20 heavy (non-hydrogen) atoms. The summed E-state index contributed by atoms with van der Waals surface area (Å²) in [5, 5.41) is 2.88. The third kappa shape index (κ3) is 3.13. The summed E-state index contributed by atoms with van der Waals surface area (Å²) >= 11 is 1.49. The van der Waals surface area contributed by atoms with Crippen LogP contribution >= 0.6 is 11.3 Å². The molecule has 0 aliphatic rings. The van der Waals surface area contributed by atoms with E-state index in [0.717, 1.165) is 10.6 Å². The van der Waals surface area contributed by atoms with Gasteiger partial charge in [0.05, 0.1) is 17.7 Å². The molecule has 0 aliphatic heterocycles. The van der Waals surface area contributed by atoms with E-state index in [4.69, 9.17) is 0 Å². The number of hydrogen-bond donors (Lipinski definition) is 1. The van der Waals surface area contributed by atoms with Gasteiger partial charge in [-0.05, 0) is 31.7 Å². The zero-order valence-electron chi connectivity index (χ0n) is 11.7. The van der Waals surface area contributed by atoms with Crippen LogP contribution in [0.4, 0.5) is 14.5 Å². The quantitative estimate of drug-likeness (QED) is 0.919. The second kappa shape index (κ2) is 6.28. The maximum atomic E-state index is 14.1. The summed E-state index contributed by atoms with van der Waals surface area (Å²) < 4.78 is 28.2. The van der Waals surface area contributed by atoms with Gasteiger partial charge >= 0.3 is 0 Å². The molecule has 0 saturated carbocycles. The molecule has 0 bridgehead atoms. The molecule has 0 saturated heterocycles. The number of hydrogen-bond acceptors (Lipinski definition) is 4. The summed E-state index contributed by atoms with van der Waals surface area (Å²) in [7, 11) is 3.42. The molecule has 0 aliphatic carbocycles. The van der Waals surface area contributed by atoms with Crippen molar-refractivity contribution in [2.75, 3.05) is 19.0 Å². The largest absolute Gasteiger partial charge is 0.365 e. The standard InChI is InChI=1S/C14H17F2N3S/c1-9-13(20-8-18-9)7-19(3)14-11(15)4-10(6-17-2)5-12(14)16/h4-5,8,17H,6-7H2,1-3H3. The molecule has 0 atom stereocenters. The molecule has 1 heterocycles. The summed E-state index contributed by atoms with van der Waals surface area (Å²) in [6.45, 7) is 2.77. The van der Waals surface area contributed by atoms with Crippen molar-refractivity contribution in [3.05, 3.63) is 45.4 Å². The second-order valence-corrected chi connectivity index (χ2v) is 5.59. The van der Waals surface area contributed by atoms with E-state index in [0.29, 0.717) is 18.7 Å². The van der Waals surface area contributed by atoms with Gasteiger partial charge in [-0.15, -0.1) is 11.3 Å². The SMILES string of the molecule is CNCc1cc(F)c(N(C)Cc2scnc2C)c(F)c1. The molecule has 1 aromatic heterocycles. The lowest BCUT2D eigenvalue weighted by atomic mass is 10.1. The first kappa shape index (κ1) is 14.9. The smallest absolute Gasteiger partial charge is 0.149 e. The topological polar surface area (TPSA) is 28.2 Å². The second-order valence-electron chi connectivity index (χ2n) is 4.66. The molecule has 0 amide bonds. The van der Waals surface area contributed by atoms with E-state index in [9.17, 15) is 8.78 Å². The summed E-state index contributed by atoms with van der Waals surface area (Å²) in [5.41, 5.74) is 3.22. The maximum absolute atomic E-state index is 14.1. The molecule has 1 aromatic carbocycles. The van der Waals surface area contributed by atoms with E-state index in [1.807, 2.05) is 6.92 Å². The van der Waals surface area contributed by atoms with Gasteiger partial charge in [0.15, 0.2) is 0 Å². The molecular weight excluding hydrogens is 280 g/mol. The van der Waals surface area contributed by atoms with Gasteiger partial charge in [0.2, 0.25) is 0 Å². The van der Waals surface area contributed by atoms with E-state index in [1.165, 1.54) is 23.5 Å². The molecular formula is C14H17F2N3S. The Morgan fingerprint density at radius 2 is 1.95 bits per heavy atom. The van der Waals surface area contributed by atoms with E-state index < -0.39 is 11.6 Å². The highest BCUT2D eigenvalue weighted by molar-refractivity contribution is 7.09. The normalized spacial score (nSPS) is 10.8. The van der Waals surface area contributed by atoms with Crippen molar-refractivity contribution >= 4 is 17.0 Å². The van der Waals surface area contributed by atoms with Crippen LogP contribution in [-0.4, -0.2) is 19.1 Å². The lowest BCUT2D eigenvalue weighted by Gasteiger charge is -2.20. The molecule has 2 aromatic rings. The Kier molecular flexibility index (Phi) is 4.67. The average molecular weight is 297 g/mol. The number of aromatic nitrogens is 1. The zero-order valence-corrected chi connectivity index (χ0v) is 12.5. The number of rotatable bonds is 5. The number of benzene rings is 1. The van der Waals surface area contributed by atoms with Crippen LogP contribution in [0.1, 0.15) is 16.1 Å². The Hall–Kier alpha value is -1.53. The van der Waals surface area contributed by atoms with Gasteiger partial charge in [-0.1, -0.05) is 0 Å². The van der Waals surface area contributed by atoms with Crippen LogP contribution in [0.2, 0.25) is 0 Å². The van der Waals surface area contributed by atoms with E-state index in [1.54, 1.807) is 24.5 Å². The predicted molar refractivity (Wildman–Crippen MR) is 78.1 cm³/mol. The first-order valence-electron chi connectivity index (χ1n) is 6.25. The van der Waals surface area contributed by atoms with Crippen LogP contribution in [-0.2, 0) is 13.1 Å².